The van der Waals surface area contributed by atoms with Crippen molar-refractivity contribution in [2.24, 2.45) is 5.92 Å². The third-order valence-electron chi connectivity index (χ3n) is 4.80. The summed E-state index contributed by atoms with van der Waals surface area (Å²) < 4.78 is 24.8. The van der Waals surface area contributed by atoms with Gasteiger partial charge in [0.2, 0.25) is 0 Å². The van der Waals surface area contributed by atoms with Gasteiger partial charge in [-0.05, 0) is 37.1 Å². The Labute approximate surface area is 160 Å². The maximum absolute atomic E-state index is 13.8. The van der Waals surface area contributed by atoms with Crippen LogP contribution in [-0.2, 0) is 16.1 Å². The fraction of sp³-hybridized carbons (Fsp3) is 0.300. The van der Waals surface area contributed by atoms with Gasteiger partial charge in [0.1, 0.15) is 17.9 Å². The largest absolute Gasteiger partial charge is 0.460 e. The Morgan fingerprint density at radius 1 is 1.22 bits per heavy atom. The van der Waals surface area contributed by atoms with Gasteiger partial charge in [0.15, 0.2) is 5.58 Å². The number of ether oxygens (including phenoxy) is 1. The first-order valence-corrected chi connectivity index (χ1v) is 9.19. The molecule has 0 spiro atoms. The molecule has 0 amide bonds. The van der Waals surface area contributed by atoms with E-state index in [9.17, 15) is 9.18 Å². The molecule has 3 aromatic rings. The van der Waals surface area contributed by atoms with Crippen LogP contribution in [0.1, 0.15) is 18.4 Å². The molecule has 7 heteroatoms. The number of halogens is 2. The number of anilines is 1. The number of hydrogen-bond acceptors (Lipinski definition) is 5. The lowest BCUT2D eigenvalue weighted by atomic mass is 9.97. The van der Waals surface area contributed by atoms with Crippen LogP contribution in [-0.4, -0.2) is 24.0 Å². The number of aromatic nitrogens is 1. The third-order valence-corrected chi connectivity index (χ3v) is 5.16. The van der Waals surface area contributed by atoms with Crippen molar-refractivity contribution in [2.75, 3.05) is 18.0 Å². The van der Waals surface area contributed by atoms with Crippen LogP contribution in [0.5, 0.6) is 0 Å². The highest BCUT2D eigenvalue weighted by Crippen LogP contribution is 2.27. The SMILES string of the molecule is O=C(OCc1c(F)cccc1Cl)C1CCN(c2nc3ccccc3o2)CC1. The summed E-state index contributed by atoms with van der Waals surface area (Å²) >= 11 is 5.96. The van der Waals surface area contributed by atoms with Gasteiger partial charge < -0.3 is 14.1 Å². The maximum Gasteiger partial charge on any atom is 0.309 e. The number of carbonyl (C=O) groups excluding carboxylic acids is 1. The van der Waals surface area contributed by atoms with E-state index in [1.165, 1.54) is 12.1 Å². The summed E-state index contributed by atoms with van der Waals surface area (Å²) in [5.74, 6) is -1.02. The first-order chi connectivity index (χ1) is 13.1. The highest BCUT2D eigenvalue weighted by molar-refractivity contribution is 6.31. The molecule has 4 rings (SSSR count). The van der Waals surface area contributed by atoms with E-state index in [2.05, 4.69) is 4.98 Å². The van der Waals surface area contributed by atoms with Crippen LogP contribution >= 0.6 is 11.6 Å². The standard InChI is InChI=1S/C20H18ClFN2O3/c21-15-4-3-5-16(22)14(15)12-26-19(25)13-8-10-24(11-9-13)20-23-17-6-1-2-7-18(17)27-20/h1-7,13H,8-12H2. The van der Waals surface area contributed by atoms with E-state index in [0.29, 0.717) is 31.9 Å². The number of para-hydroxylation sites is 2. The van der Waals surface area contributed by atoms with E-state index in [1.807, 2.05) is 29.2 Å². The molecule has 27 heavy (non-hydrogen) atoms. The molecule has 2 aromatic carbocycles. The summed E-state index contributed by atoms with van der Waals surface area (Å²) in [6.07, 6.45) is 1.26. The average Bonchev–Trinajstić information content (AvgIpc) is 3.12. The summed E-state index contributed by atoms with van der Waals surface area (Å²) in [5.41, 5.74) is 1.77. The second-order valence-electron chi connectivity index (χ2n) is 6.53. The van der Waals surface area contributed by atoms with Gasteiger partial charge in [-0.2, -0.15) is 4.98 Å². The number of nitrogens with zero attached hydrogens (tertiary/aromatic N) is 2. The minimum Gasteiger partial charge on any atom is -0.460 e. The molecular weight excluding hydrogens is 371 g/mol. The predicted molar refractivity (Wildman–Crippen MR) is 100 cm³/mol. The molecule has 1 aliphatic heterocycles. The number of carbonyl (C=O) groups is 1. The van der Waals surface area contributed by atoms with Crippen molar-refractivity contribution in [3.05, 3.63) is 58.9 Å². The topological polar surface area (TPSA) is 55.6 Å². The second-order valence-corrected chi connectivity index (χ2v) is 6.94. The van der Waals surface area contributed by atoms with E-state index in [-0.39, 0.29) is 29.1 Å². The van der Waals surface area contributed by atoms with Crippen LogP contribution in [0.3, 0.4) is 0 Å². The lowest BCUT2D eigenvalue weighted by Gasteiger charge is -2.29. The van der Waals surface area contributed by atoms with Crippen molar-refractivity contribution in [2.45, 2.75) is 19.4 Å². The summed E-state index contributed by atoms with van der Waals surface area (Å²) in [7, 11) is 0. The Morgan fingerprint density at radius 3 is 2.74 bits per heavy atom. The van der Waals surface area contributed by atoms with Crippen LogP contribution in [0.4, 0.5) is 10.4 Å². The zero-order valence-electron chi connectivity index (χ0n) is 14.5. The zero-order valence-corrected chi connectivity index (χ0v) is 15.3. The van der Waals surface area contributed by atoms with Crippen LogP contribution < -0.4 is 4.90 Å². The molecule has 0 N–H and O–H groups in total. The van der Waals surface area contributed by atoms with Crippen molar-refractivity contribution >= 4 is 34.7 Å². The van der Waals surface area contributed by atoms with Crippen LogP contribution in [0.25, 0.3) is 11.1 Å². The van der Waals surface area contributed by atoms with E-state index in [4.69, 9.17) is 20.8 Å². The van der Waals surface area contributed by atoms with Crippen LogP contribution in [0, 0.1) is 11.7 Å². The van der Waals surface area contributed by atoms with Crippen molar-refractivity contribution in [1.82, 2.24) is 4.98 Å². The Bertz CT molecular complexity index is 914. The molecule has 0 unspecified atom stereocenters. The minimum absolute atomic E-state index is 0.157. The van der Waals surface area contributed by atoms with Gasteiger partial charge in [0.05, 0.1) is 10.9 Å². The average molecular weight is 389 g/mol. The van der Waals surface area contributed by atoms with Crippen LogP contribution in [0.15, 0.2) is 46.9 Å². The van der Waals surface area contributed by atoms with Gasteiger partial charge in [-0.15, -0.1) is 0 Å². The number of benzene rings is 2. The summed E-state index contributed by atoms with van der Waals surface area (Å²) in [6.45, 7) is 1.13. The molecular formula is C20H18ClFN2O3. The molecule has 0 radical (unpaired) electrons. The van der Waals surface area contributed by atoms with Crippen molar-refractivity contribution in [3.8, 4) is 0 Å². The highest BCUT2D eigenvalue weighted by atomic mass is 35.5. The third kappa shape index (κ3) is 3.76. The fourth-order valence-corrected chi connectivity index (χ4v) is 3.45. The van der Waals surface area contributed by atoms with E-state index in [0.717, 1.165) is 11.1 Å². The van der Waals surface area contributed by atoms with Gasteiger partial charge in [0.25, 0.3) is 6.01 Å². The Kier molecular flexibility index (Phi) is 4.99. The summed E-state index contributed by atoms with van der Waals surface area (Å²) in [5, 5.41) is 0.258. The monoisotopic (exact) mass is 388 g/mol. The zero-order chi connectivity index (χ0) is 18.8. The number of rotatable bonds is 4. The summed E-state index contributed by atoms with van der Waals surface area (Å²) in [4.78, 5) is 18.8. The van der Waals surface area contributed by atoms with Gasteiger partial charge in [-0.1, -0.05) is 29.8 Å². The van der Waals surface area contributed by atoms with Gasteiger partial charge >= 0.3 is 5.97 Å². The highest BCUT2D eigenvalue weighted by Gasteiger charge is 2.28. The molecule has 0 atom stereocenters. The first kappa shape index (κ1) is 17.8. The number of piperidine rings is 1. The predicted octanol–water partition coefficient (Wildman–Crippen LogP) is 4.58. The van der Waals surface area contributed by atoms with Gasteiger partial charge in [0, 0.05) is 18.7 Å². The smallest absolute Gasteiger partial charge is 0.309 e. The molecule has 0 aliphatic carbocycles. The quantitative estimate of drug-likeness (QED) is 0.612. The normalized spacial score (nSPS) is 15.3. The number of oxazole rings is 1. The van der Waals surface area contributed by atoms with Crippen molar-refractivity contribution in [3.63, 3.8) is 0 Å². The first-order valence-electron chi connectivity index (χ1n) is 8.82. The summed E-state index contributed by atoms with van der Waals surface area (Å²) in [6, 6.07) is 12.6. The molecule has 1 fully saturated rings. The Hall–Kier alpha value is -2.60. The second kappa shape index (κ2) is 7.56. The van der Waals surface area contributed by atoms with Gasteiger partial charge in [-0.3, -0.25) is 4.79 Å². The molecule has 1 aliphatic rings. The van der Waals surface area contributed by atoms with Crippen molar-refractivity contribution in [1.29, 1.82) is 0 Å². The molecule has 1 saturated heterocycles. The number of esters is 1. The Balaban J connectivity index is 1.34. The van der Waals surface area contributed by atoms with Crippen LogP contribution in [0.2, 0.25) is 5.02 Å². The van der Waals surface area contributed by atoms with Crippen molar-refractivity contribution < 1.29 is 18.3 Å². The minimum atomic E-state index is -0.471. The molecule has 1 aromatic heterocycles. The maximum atomic E-state index is 13.8. The number of hydrogen-bond donors (Lipinski definition) is 0. The molecule has 2 heterocycles. The van der Waals surface area contributed by atoms with E-state index in [1.54, 1.807) is 6.07 Å². The molecule has 0 bridgehead atoms. The lowest BCUT2D eigenvalue weighted by Crippen LogP contribution is -2.37. The fourth-order valence-electron chi connectivity index (χ4n) is 3.23. The Morgan fingerprint density at radius 2 is 2.00 bits per heavy atom. The van der Waals surface area contributed by atoms with Gasteiger partial charge in [-0.25, -0.2) is 4.39 Å². The lowest BCUT2D eigenvalue weighted by molar-refractivity contribution is -0.150. The molecule has 140 valence electrons. The number of fused-ring (bicyclic) bond motifs is 1. The molecule has 5 nitrogen and oxygen atoms in total. The van der Waals surface area contributed by atoms with E-state index < -0.39 is 5.82 Å². The molecule has 0 saturated carbocycles. The van der Waals surface area contributed by atoms with E-state index >= 15 is 0 Å².